The summed E-state index contributed by atoms with van der Waals surface area (Å²) in [6.45, 7) is 6.41. The average Bonchev–Trinajstić information content (AvgIpc) is 2.65. The van der Waals surface area contributed by atoms with E-state index in [0.29, 0.717) is 6.04 Å². The third kappa shape index (κ3) is 2.39. The summed E-state index contributed by atoms with van der Waals surface area (Å²) in [7, 11) is 0. The molecule has 3 heteroatoms. The van der Waals surface area contributed by atoms with Crippen molar-refractivity contribution in [3.05, 3.63) is 17.0 Å². The largest absolute Gasteiger partial charge is 0.324 e. The van der Waals surface area contributed by atoms with Gasteiger partial charge in [0.15, 0.2) is 0 Å². The van der Waals surface area contributed by atoms with Crippen molar-refractivity contribution in [2.45, 2.75) is 71.4 Å². The van der Waals surface area contributed by atoms with Crippen molar-refractivity contribution < 1.29 is 0 Å². The molecule has 1 heterocycles. The third-order valence-electron chi connectivity index (χ3n) is 4.11. The van der Waals surface area contributed by atoms with Crippen LogP contribution in [0.2, 0.25) is 0 Å². The molecule has 17 heavy (non-hydrogen) atoms. The Morgan fingerprint density at radius 1 is 1.29 bits per heavy atom. The number of hydrogen-bond acceptors (Lipinski definition) is 2. The van der Waals surface area contributed by atoms with Gasteiger partial charge in [-0.3, -0.25) is 4.68 Å². The Morgan fingerprint density at radius 2 is 1.94 bits per heavy atom. The first-order chi connectivity index (χ1) is 8.15. The lowest BCUT2D eigenvalue weighted by Gasteiger charge is -2.23. The van der Waals surface area contributed by atoms with Gasteiger partial charge in [-0.25, -0.2) is 0 Å². The van der Waals surface area contributed by atoms with E-state index < -0.39 is 0 Å². The zero-order chi connectivity index (χ0) is 12.4. The highest BCUT2D eigenvalue weighted by Gasteiger charge is 2.22. The van der Waals surface area contributed by atoms with E-state index in [1.165, 1.54) is 43.4 Å². The maximum absolute atomic E-state index is 6.19. The lowest BCUT2D eigenvalue weighted by atomic mass is 9.95. The smallest absolute Gasteiger partial charge is 0.0644 e. The van der Waals surface area contributed by atoms with Crippen LogP contribution in [-0.2, 0) is 0 Å². The SMILES string of the molecule is CCC(N)c1c(C)nn(C2CCCCC2)c1C. The molecule has 3 nitrogen and oxygen atoms in total. The molecule has 1 saturated carbocycles. The van der Waals surface area contributed by atoms with Crippen molar-refractivity contribution in [2.24, 2.45) is 5.73 Å². The van der Waals surface area contributed by atoms with E-state index in [9.17, 15) is 0 Å². The van der Waals surface area contributed by atoms with E-state index in [1.54, 1.807) is 0 Å². The highest BCUT2D eigenvalue weighted by molar-refractivity contribution is 5.28. The summed E-state index contributed by atoms with van der Waals surface area (Å²) in [6.07, 6.45) is 7.62. The zero-order valence-electron chi connectivity index (χ0n) is 11.4. The predicted octanol–water partition coefficient (Wildman–Crippen LogP) is 3.41. The summed E-state index contributed by atoms with van der Waals surface area (Å²) in [6, 6.07) is 0.757. The van der Waals surface area contributed by atoms with Gasteiger partial charge in [-0.2, -0.15) is 5.10 Å². The molecule has 0 saturated heterocycles. The number of aromatic nitrogens is 2. The highest BCUT2D eigenvalue weighted by Crippen LogP contribution is 2.31. The van der Waals surface area contributed by atoms with Crippen LogP contribution in [0.3, 0.4) is 0 Å². The Labute approximate surface area is 104 Å². The summed E-state index contributed by atoms with van der Waals surface area (Å²) < 4.78 is 2.25. The number of nitrogens with zero attached hydrogens (tertiary/aromatic N) is 2. The van der Waals surface area contributed by atoms with E-state index in [2.05, 4.69) is 25.5 Å². The van der Waals surface area contributed by atoms with Gasteiger partial charge in [-0.15, -0.1) is 0 Å². The summed E-state index contributed by atoms with van der Waals surface area (Å²) in [4.78, 5) is 0. The molecule has 1 unspecified atom stereocenters. The molecule has 0 bridgehead atoms. The fraction of sp³-hybridized carbons (Fsp3) is 0.786. The first kappa shape index (κ1) is 12.6. The summed E-state index contributed by atoms with van der Waals surface area (Å²) >= 11 is 0. The molecule has 1 aromatic rings. The minimum atomic E-state index is 0.146. The standard InChI is InChI=1S/C14H25N3/c1-4-13(15)14-10(2)16-17(11(14)3)12-8-6-5-7-9-12/h12-13H,4-9,15H2,1-3H3. The van der Waals surface area contributed by atoms with Gasteiger partial charge in [0.2, 0.25) is 0 Å². The molecular weight excluding hydrogens is 210 g/mol. The van der Waals surface area contributed by atoms with E-state index in [-0.39, 0.29) is 6.04 Å². The maximum atomic E-state index is 6.19. The molecule has 1 aliphatic carbocycles. The number of rotatable bonds is 3. The Bertz CT molecular complexity index is 375. The summed E-state index contributed by atoms with van der Waals surface area (Å²) in [5.41, 5.74) is 9.88. The topological polar surface area (TPSA) is 43.8 Å². The van der Waals surface area contributed by atoms with Crippen LogP contribution in [0.15, 0.2) is 0 Å². The fourth-order valence-electron chi connectivity index (χ4n) is 3.10. The van der Waals surface area contributed by atoms with Crippen LogP contribution in [0, 0.1) is 13.8 Å². The van der Waals surface area contributed by atoms with Crippen molar-refractivity contribution in [2.75, 3.05) is 0 Å². The van der Waals surface area contributed by atoms with E-state index in [0.717, 1.165) is 12.1 Å². The van der Waals surface area contributed by atoms with Gasteiger partial charge in [-0.05, 0) is 33.1 Å². The molecule has 0 aromatic carbocycles. The van der Waals surface area contributed by atoms with Crippen LogP contribution in [0.1, 0.15) is 74.5 Å². The highest BCUT2D eigenvalue weighted by atomic mass is 15.3. The van der Waals surface area contributed by atoms with Crippen LogP contribution < -0.4 is 5.73 Å². The average molecular weight is 235 g/mol. The maximum Gasteiger partial charge on any atom is 0.0644 e. The van der Waals surface area contributed by atoms with Gasteiger partial charge in [0.25, 0.3) is 0 Å². The zero-order valence-corrected chi connectivity index (χ0v) is 11.4. The van der Waals surface area contributed by atoms with E-state index >= 15 is 0 Å². The molecule has 1 aromatic heterocycles. The van der Waals surface area contributed by atoms with Crippen molar-refractivity contribution >= 4 is 0 Å². The predicted molar refractivity (Wildman–Crippen MR) is 71.0 cm³/mol. The Balaban J connectivity index is 2.29. The second kappa shape index (κ2) is 5.21. The van der Waals surface area contributed by atoms with Gasteiger partial charge >= 0.3 is 0 Å². The van der Waals surface area contributed by atoms with Gasteiger partial charge < -0.3 is 5.73 Å². The molecule has 1 atom stereocenters. The molecule has 96 valence electrons. The molecule has 1 fully saturated rings. The van der Waals surface area contributed by atoms with Crippen molar-refractivity contribution in [3.63, 3.8) is 0 Å². The Kier molecular flexibility index (Phi) is 3.87. The fourth-order valence-corrected chi connectivity index (χ4v) is 3.10. The molecule has 0 radical (unpaired) electrons. The van der Waals surface area contributed by atoms with Gasteiger partial charge in [0.05, 0.1) is 11.7 Å². The van der Waals surface area contributed by atoms with Crippen LogP contribution in [-0.4, -0.2) is 9.78 Å². The van der Waals surface area contributed by atoms with Crippen LogP contribution in [0.25, 0.3) is 0 Å². The first-order valence-corrected chi connectivity index (χ1v) is 6.96. The Morgan fingerprint density at radius 3 is 2.53 bits per heavy atom. The quantitative estimate of drug-likeness (QED) is 0.872. The second-order valence-electron chi connectivity index (χ2n) is 5.34. The van der Waals surface area contributed by atoms with Crippen molar-refractivity contribution in [3.8, 4) is 0 Å². The van der Waals surface area contributed by atoms with Gasteiger partial charge in [0.1, 0.15) is 0 Å². The summed E-state index contributed by atoms with van der Waals surface area (Å²) in [5.74, 6) is 0. The third-order valence-corrected chi connectivity index (χ3v) is 4.11. The Hall–Kier alpha value is -0.830. The number of nitrogens with two attached hydrogens (primary N) is 1. The molecule has 0 spiro atoms. The number of hydrogen-bond donors (Lipinski definition) is 1. The molecular formula is C14H25N3. The second-order valence-corrected chi connectivity index (χ2v) is 5.34. The van der Waals surface area contributed by atoms with Gasteiger partial charge in [-0.1, -0.05) is 26.2 Å². The van der Waals surface area contributed by atoms with Crippen molar-refractivity contribution in [1.82, 2.24) is 9.78 Å². The molecule has 0 amide bonds. The minimum absolute atomic E-state index is 0.146. The monoisotopic (exact) mass is 235 g/mol. The molecule has 1 aliphatic rings. The normalized spacial score (nSPS) is 19.5. The minimum Gasteiger partial charge on any atom is -0.324 e. The molecule has 0 aliphatic heterocycles. The first-order valence-electron chi connectivity index (χ1n) is 6.96. The lowest BCUT2D eigenvalue weighted by molar-refractivity contribution is 0.323. The van der Waals surface area contributed by atoms with E-state index in [4.69, 9.17) is 10.8 Å². The van der Waals surface area contributed by atoms with Crippen molar-refractivity contribution in [1.29, 1.82) is 0 Å². The van der Waals surface area contributed by atoms with Crippen LogP contribution in [0.5, 0.6) is 0 Å². The van der Waals surface area contributed by atoms with E-state index in [1.807, 2.05) is 0 Å². The number of aryl methyl sites for hydroxylation is 1. The molecule has 2 N–H and O–H groups in total. The van der Waals surface area contributed by atoms with Gasteiger partial charge in [0, 0.05) is 17.3 Å². The van der Waals surface area contributed by atoms with Crippen LogP contribution >= 0.6 is 0 Å². The lowest BCUT2D eigenvalue weighted by Crippen LogP contribution is -2.16. The molecule has 2 rings (SSSR count). The summed E-state index contributed by atoms with van der Waals surface area (Å²) in [5, 5.41) is 4.74. The van der Waals surface area contributed by atoms with Crippen LogP contribution in [0.4, 0.5) is 0 Å².